The molecule has 19 heavy (non-hydrogen) atoms. The van der Waals surface area contributed by atoms with E-state index in [1.165, 1.54) is 28.4 Å². The number of amides is 1. The van der Waals surface area contributed by atoms with E-state index in [-0.39, 0.29) is 24.4 Å². The Morgan fingerprint density at radius 1 is 1.58 bits per heavy atom. The van der Waals surface area contributed by atoms with Gasteiger partial charge in [-0.3, -0.25) is 4.79 Å². The highest BCUT2D eigenvalue weighted by Gasteiger charge is 2.22. The summed E-state index contributed by atoms with van der Waals surface area (Å²) < 4.78 is 14.0. The predicted octanol–water partition coefficient (Wildman–Crippen LogP) is 2.08. The predicted molar refractivity (Wildman–Crippen MR) is 74.8 cm³/mol. The van der Waals surface area contributed by atoms with Gasteiger partial charge < -0.3 is 15.7 Å². The van der Waals surface area contributed by atoms with Crippen LogP contribution in [0.1, 0.15) is 16.6 Å². The van der Waals surface area contributed by atoms with Gasteiger partial charge in [0.25, 0.3) is 5.91 Å². The Morgan fingerprint density at radius 2 is 2.26 bits per heavy atom. The summed E-state index contributed by atoms with van der Waals surface area (Å²) in [7, 11) is 1.60. The monoisotopic (exact) mass is 282 g/mol. The average Bonchev–Trinajstić information content (AvgIpc) is 2.73. The Hall–Kier alpha value is -1.66. The smallest absolute Gasteiger partial charge is 0.266 e. The summed E-state index contributed by atoms with van der Waals surface area (Å²) in [5, 5.41) is 9.63. The number of carbonyl (C=O) groups excluding carboxylic acids is 1. The molecule has 6 heteroatoms. The summed E-state index contributed by atoms with van der Waals surface area (Å²) in [6.07, 6.45) is 0. The Kier molecular flexibility index (Phi) is 3.73. The van der Waals surface area contributed by atoms with Crippen molar-refractivity contribution < 1.29 is 14.3 Å². The molecule has 1 heterocycles. The molecule has 0 fully saturated rings. The number of benzene rings is 1. The van der Waals surface area contributed by atoms with Crippen LogP contribution in [-0.4, -0.2) is 35.6 Å². The summed E-state index contributed by atoms with van der Waals surface area (Å²) in [5.41, 5.74) is 6.21. The van der Waals surface area contributed by atoms with Crippen molar-refractivity contribution in [2.24, 2.45) is 0 Å². The van der Waals surface area contributed by atoms with Crippen molar-refractivity contribution >= 4 is 33.0 Å². The molecule has 0 aliphatic heterocycles. The van der Waals surface area contributed by atoms with Crippen LogP contribution in [0.3, 0.4) is 0 Å². The third-order valence-electron chi connectivity index (χ3n) is 3.13. The van der Waals surface area contributed by atoms with E-state index in [4.69, 9.17) is 10.8 Å². The van der Waals surface area contributed by atoms with Crippen LogP contribution in [0.25, 0.3) is 10.1 Å². The molecule has 1 unspecified atom stereocenters. The van der Waals surface area contributed by atoms with Gasteiger partial charge in [-0.25, -0.2) is 4.39 Å². The second kappa shape index (κ2) is 5.14. The maximum Gasteiger partial charge on any atom is 0.266 e. The molecule has 0 radical (unpaired) electrons. The number of halogens is 1. The third-order valence-corrected chi connectivity index (χ3v) is 4.30. The zero-order valence-electron chi connectivity index (χ0n) is 10.7. The molecular formula is C13H15FN2O2S. The summed E-state index contributed by atoms with van der Waals surface area (Å²) >= 11 is 1.23. The Bertz CT molecular complexity index is 626. The molecule has 0 saturated carbocycles. The van der Waals surface area contributed by atoms with Crippen molar-refractivity contribution in [2.75, 3.05) is 19.4 Å². The van der Waals surface area contributed by atoms with E-state index in [0.717, 1.165) is 4.70 Å². The highest BCUT2D eigenvalue weighted by atomic mass is 32.1. The van der Waals surface area contributed by atoms with Gasteiger partial charge in [0.15, 0.2) is 0 Å². The Balaban J connectivity index is 2.46. The van der Waals surface area contributed by atoms with Crippen LogP contribution in [0, 0.1) is 5.82 Å². The van der Waals surface area contributed by atoms with Crippen molar-refractivity contribution in [1.82, 2.24) is 4.90 Å². The maximum atomic E-state index is 13.2. The van der Waals surface area contributed by atoms with Gasteiger partial charge in [0.2, 0.25) is 0 Å². The van der Waals surface area contributed by atoms with E-state index in [2.05, 4.69) is 0 Å². The molecule has 2 rings (SSSR count). The number of aliphatic hydroxyl groups excluding tert-OH is 1. The molecule has 0 saturated heterocycles. The number of hydrogen-bond donors (Lipinski definition) is 2. The van der Waals surface area contributed by atoms with E-state index < -0.39 is 0 Å². The van der Waals surface area contributed by atoms with Gasteiger partial charge in [-0.2, -0.15) is 0 Å². The molecule has 3 N–H and O–H groups in total. The minimum Gasteiger partial charge on any atom is -0.397 e. The van der Waals surface area contributed by atoms with Gasteiger partial charge in [-0.1, -0.05) is 0 Å². The number of carbonyl (C=O) groups is 1. The summed E-state index contributed by atoms with van der Waals surface area (Å²) in [4.78, 5) is 14.1. The minimum absolute atomic E-state index is 0.123. The van der Waals surface area contributed by atoms with Gasteiger partial charge in [0.05, 0.1) is 18.3 Å². The van der Waals surface area contributed by atoms with Crippen molar-refractivity contribution in [3.63, 3.8) is 0 Å². The average molecular weight is 282 g/mol. The second-order valence-electron chi connectivity index (χ2n) is 4.43. The van der Waals surface area contributed by atoms with E-state index >= 15 is 0 Å². The zero-order valence-corrected chi connectivity index (χ0v) is 11.5. The molecule has 0 bridgehead atoms. The molecule has 2 aromatic rings. The number of nitrogens with zero attached hydrogens (tertiary/aromatic N) is 1. The number of fused-ring (bicyclic) bond motifs is 1. The fraction of sp³-hybridized carbons (Fsp3) is 0.308. The summed E-state index contributed by atoms with van der Waals surface area (Å²) in [6, 6.07) is 3.98. The van der Waals surface area contributed by atoms with Crippen LogP contribution in [0.15, 0.2) is 18.2 Å². The molecule has 1 aromatic heterocycles. The van der Waals surface area contributed by atoms with Gasteiger partial charge in [0.1, 0.15) is 10.7 Å². The highest BCUT2D eigenvalue weighted by molar-refractivity contribution is 7.21. The first kappa shape index (κ1) is 13.8. The zero-order chi connectivity index (χ0) is 14.2. The lowest BCUT2D eigenvalue weighted by Gasteiger charge is -2.22. The molecule has 1 aromatic carbocycles. The van der Waals surface area contributed by atoms with Gasteiger partial charge >= 0.3 is 0 Å². The fourth-order valence-electron chi connectivity index (χ4n) is 1.73. The highest BCUT2D eigenvalue weighted by Crippen LogP contribution is 2.34. The van der Waals surface area contributed by atoms with Gasteiger partial charge in [-0.05, 0) is 25.1 Å². The number of rotatable bonds is 3. The van der Waals surface area contributed by atoms with Crippen LogP contribution < -0.4 is 5.73 Å². The summed E-state index contributed by atoms with van der Waals surface area (Å²) in [5.74, 6) is -0.645. The normalized spacial score (nSPS) is 12.6. The molecule has 0 spiro atoms. The number of thiophene rings is 1. The lowest BCUT2D eigenvalue weighted by molar-refractivity contribution is 0.0688. The Labute approximate surface area is 114 Å². The second-order valence-corrected chi connectivity index (χ2v) is 5.49. The fourth-order valence-corrected chi connectivity index (χ4v) is 2.82. The molecular weight excluding hydrogens is 267 g/mol. The lowest BCUT2D eigenvalue weighted by atomic mass is 10.2. The molecule has 1 amide bonds. The Morgan fingerprint density at radius 3 is 2.89 bits per heavy atom. The van der Waals surface area contributed by atoms with E-state index in [0.29, 0.717) is 16.0 Å². The van der Waals surface area contributed by atoms with E-state index in [1.54, 1.807) is 20.0 Å². The molecule has 0 aliphatic carbocycles. The van der Waals surface area contributed by atoms with Crippen LogP contribution in [0.4, 0.5) is 10.1 Å². The number of nitrogen functional groups attached to an aromatic ring is 1. The minimum atomic E-state index is -0.381. The number of aliphatic hydroxyl groups is 1. The van der Waals surface area contributed by atoms with Crippen molar-refractivity contribution in [1.29, 1.82) is 0 Å². The van der Waals surface area contributed by atoms with Crippen LogP contribution >= 0.6 is 11.3 Å². The van der Waals surface area contributed by atoms with Crippen LogP contribution in [0.2, 0.25) is 0 Å². The molecule has 102 valence electrons. The first-order chi connectivity index (χ1) is 8.95. The molecule has 0 aliphatic rings. The lowest BCUT2D eigenvalue weighted by Crippen LogP contribution is -2.37. The van der Waals surface area contributed by atoms with Crippen molar-refractivity contribution in [3.05, 3.63) is 28.9 Å². The van der Waals surface area contributed by atoms with Gasteiger partial charge in [-0.15, -0.1) is 11.3 Å². The third kappa shape index (κ3) is 2.41. The van der Waals surface area contributed by atoms with Crippen LogP contribution in [-0.2, 0) is 0 Å². The first-order valence-corrected chi connectivity index (χ1v) is 6.63. The van der Waals surface area contributed by atoms with Gasteiger partial charge in [0, 0.05) is 17.1 Å². The van der Waals surface area contributed by atoms with E-state index in [9.17, 15) is 9.18 Å². The standard InChI is InChI=1S/C13H15FN2O2S/c1-7(6-17)16(2)13(18)12-11(15)9-5-8(14)3-4-10(9)19-12/h3-5,7,17H,6,15H2,1-2H3. The number of nitrogens with two attached hydrogens (primary N) is 1. The molecule has 4 nitrogen and oxygen atoms in total. The molecule has 1 atom stereocenters. The van der Waals surface area contributed by atoms with E-state index in [1.807, 2.05) is 0 Å². The summed E-state index contributed by atoms with van der Waals surface area (Å²) in [6.45, 7) is 1.61. The first-order valence-electron chi connectivity index (χ1n) is 5.81. The number of anilines is 1. The quantitative estimate of drug-likeness (QED) is 0.905. The number of hydrogen-bond acceptors (Lipinski definition) is 4. The largest absolute Gasteiger partial charge is 0.397 e. The SMILES string of the molecule is CC(CO)N(C)C(=O)c1sc2ccc(F)cc2c1N. The maximum absolute atomic E-state index is 13.2. The van der Waals surface area contributed by atoms with Crippen molar-refractivity contribution in [3.8, 4) is 0 Å². The topological polar surface area (TPSA) is 66.6 Å². The number of likely N-dealkylation sites (N-methyl/N-ethyl adjacent to an activating group) is 1. The van der Waals surface area contributed by atoms with Crippen molar-refractivity contribution in [2.45, 2.75) is 13.0 Å². The van der Waals surface area contributed by atoms with Crippen LogP contribution in [0.5, 0.6) is 0 Å².